The number of anilines is 1. The topological polar surface area (TPSA) is 68.5 Å². The van der Waals surface area contributed by atoms with E-state index in [9.17, 15) is 0 Å². The van der Waals surface area contributed by atoms with Crippen molar-refractivity contribution in [3.63, 3.8) is 0 Å². The molecule has 19 heavy (non-hydrogen) atoms. The van der Waals surface area contributed by atoms with E-state index in [2.05, 4.69) is 25.3 Å². The fourth-order valence-electron chi connectivity index (χ4n) is 1.80. The molecule has 0 amide bonds. The zero-order valence-corrected chi connectivity index (χ0v) is 11.0. The number of aromatic nitrogens is 5. The summed E-state index contributed by atoms with van der Waals surface area (Å²) in [5.41, 5.74) is 1.80. The molecule has 1 N–H and O–H groups in total. The van der Waals surface area contributed by atoms with Gasteiger partial charge < -0.3 is 5.32 Å². The minimum absolute atomic E-state index is 0.152. The van der Waals surface area contributed by atoms with E-state index in [-0.39, 0.29) is 5.28 Å². The zero-order chi connectivity index (χ0) is 13.2. The fourth-order valence-corrected chi connectivity index (χ4v) is 1.96. The van der Waals surface area contributed by atoms with Gasteiger partial charge in [-0.2, -0.15) is 15.0 Å². The molecule has 0 aliphatic heterocycles. The molecule has 0 fully saturated rings. The number of imidazole rings is 1. The highest BCUT2D eigenvalue weighted by Crippen LogP contribution is 2.17. The SMILES string of the molecule is CCNc1nc(Cl)nc(-n2cnc3ccccc32)n1. The highest BCUT2D eigenvalue weighted by molar-refractivity contribution is 6.28. The van der Waals surface area contributed by atoms with Crippen molar-refractivity contribution in [2.45, 2.75) is 6.92 Å². The van der Waals surface area contributed by atoms with Gasteiger partial charge in [0.15, 0.2) is 0 Å². The first kappa shape index (κ1) is 11.9. The molecule has 0 unspecified atom stereocenters. The number of benzene rings is 1. The number of hydrogen-bond donors (Lipinski definition) is 1. The molecule has 3 aromatic rings. The lowest BCUT2D eigenvalue weighted by Gasteiger charge is -2.05. The lowest BCUT2D eigenvalue weighted by Crippen LogP contribution is -2.08. The molecule has 7 heteroatoms. The Balaban J connectivity index is 2.15. The molecule has 96 valence electrons. The van der Waals surface area contributed by atoms with Crippen molar-refractivity contribution in [3.05, 3.63) is 35.9 Å². The van der Waals surface area contributed by atoms with Gasteiger partial charge in [-0.3, -0.25) is 4.57 Å². The summed E-state index contributed by atoms with van der Waals surface area (Å²) < 4.78 is 1.78. The Hall–Kier alpha value is -2.21. The maximum atomic E-state index is 5.92. The van der Waals surface area contributed by atoms with Gasteiger partial charge in [-0.25, -0.2) is 4.98 Å². The summed E-state index contributed by atoms with van der Waals surface area (Å²) >= 11 is 5.92. The number of nitrogens with zero attached hydrogens (tertiary/aromatic N) is 5. The third kappa shape index (κ3) is 2.22. The van der Waals surface area contributed by atoms with Gasteiger partial charge in [0.05, 0.1) is 11.0 Å². The van der Waals surface area contributed by atoms with Crippen molar-refractivity contribution in [3.8, 4) is 5.95 Å². The van der Waals surface area contributed by atoms with Crippen molar-refractivity contribution < 1.29 is 0 Å². The molecule has 3 rings (SSSR count). The minimum atomic E-state index is 0.152. The Labute approximate surface area is 114 Å². The Morgan fingerprint density at radius 3 is 2.89 bits per heavy atom. The van der Waals surface area contributed by atoms with Crippen LogP contribution in [0.3, 0.4) is 0 Å². The van der Waals surface area contributed by atoms with E-state index in [0.717, 1.165) is 11.0 Å². The van der Waals surface area contributed by atoms with E-state index in [1.54, 1.807) is 10.9 Å². The first-order chi connectivity index (χ1) is 9.28. The van der Waals surface area contributed by atoms with E-state index >= 15 is 0 Å². The molecule has 0 saturated heterocycles. The predicted octanol–water partition coefficient (Wildman–Crippen LogP) is 2.30. The minimum Gasteiger partial charge on any atom is -0.354 e. The standard InChI is InChI=1S/C12H11ClN6/c1-2-14-11-16-10(13)17-12(18-11)19-7-15-8-5-3-4-6-9(8)19/h3-7H,2H2,1H3,(H,14,16,17,18). The fraction of sp³-hybridized carbons (Fsp3) is 0.167. The average Bonchev–Trinajstić information content (AvgIpc) is 2.82. The van der Waals surface area contributed by atoms with Crippen LogP contribution >= 0.6 is 11.6 Å². The highest BCUT2D eigenvalue weighted by Gasteiger charge is 2.09. The van der Waals surface area contributed by atoms with Crippen LogP contribution < -0.4 is 5.32 Å². The molecular weight excluding hydrogens is 264 g/mol. The lowest BCUT2D eigenvalue weighted by atomic mass is 10.3. The number of halogens is 1. The van der Waals surface area contributed by atoms with Gasteiger partial charge in [-0.15, -0.1) is 0 Å². The van der Waals surface area contributed by atoms with Gasteiger partial charge in [0.2, 0.25) is 17.2 Å². The van der Waals surface area contributed by atoms with Crippen LogP contribution in [0, 0.1) is 0 Å². The Bertz CT molecular complexity index is 723. The maximum absolute atomic E-state index is 5.92. The zero-order valence-electron chi connectivity index (χ0n) is 10.2. The smallest absolute Gasteiger partial charge is 0.241 e. The van der Waals surface area contributed by atoms with E-state index in [4.69, 9.17) is 11.6 Å². The van der Waals surface area contributed by atoms with Crippen LogP contribution in [0.15, 0.2) is 30.6 Å². The van der Waals surface area contributed by atoms with E-state index in [1.807, 2.05) is 31.2 Å². The summed E-state index contributed by atoms with van der Waals surface area (Å²) in [6.07, 6.45) is 1.67. The summed E-state index contributed by atoms with van der Waals surface area (Å²) in [4.78, 5) is 16.8. The van der Waals surface area contributed by atoms with Crippen LogP contribution in [0.25, 0.3) is 17.0 Å². The van der Waals surface area contributed by atoms with Crippen LogP contribution in [0.4, 0.5) is 5.95 Å². The van der Waals surface area contributed by atoms with Crippen molar-refractivity contribution >= 4 is 28.6 Å². The average molecular weight is 275 g/mol. The Kier molecular flexibility index (Phi) is 3.00. The molecule has 0 bridgehead atoms. The maximum Gasteiger partial charge on any atom is 0.241 e. The molecule has 0 radical (unpaired) electrons. The number of hydrogen-bond acceptors (Lipinski definition) is 5. The van der Waals surface area contributed by atoms with Crippen LogP contribution in [0.1, 0.15) is 6.92 Å². The molecule has 2 heterocycles. The number of para-hydroxylation sites is 2. The monoisotopic (exact) mass is 274 g/mol. The largest absolute Gasteiger partial charge is 0.354 e. The molecule has 0 aliphatic rings. The molecule has 0 aliphatic carbocycles. The number of fused-ring (bicyclic) bond motifs is 1. The predicted molar refractivity (Wildman–Crippen MR) is 73.6 cm³/mol. The molecule has 2 aromatic heterocycles. The van der Waals surface area contributed by atoms with Gasteiger partial charge in [0.1, 0.15) is 6.33 Å². The first-order valence-corrected chi connectivity index (χ1v) is 6.23. The van der Waals surface area contributed by atoms with Crippen molar-refractivity contribution in [2.24, 2.45) is 0 Å². The summed E-state index contributed by atoms with van der Waals surface area (Å²) in [6, 6.07) is 7.76. The highest BCUT2D eigenvalue weighted by atomic mass is 35.5. The number of rotatable bonds is 3. The third-order valence-electron chi connectivity index (χ3n) is 2.60. The van der Waals surface area contributed by atoms with Crippen molar-refractivity contribution in [2.75, 3.05) is 11.9 Å². The summed E-state index contributed by atoms with van der Waals surface area (Å²) in [5, 5.41) is 3.17. The van der Waals surface area contributed by atoms with Gasteiger partial charge in [0, 0.05) is 6.54 Å². The second-order valence-corrected chi connectivity index (χ2v) is 4.20. The summed E-state index contributed by atoms with van der Waals surface area (Å²) in [7, 11) is 0. The third-order valence-corrected chi connectivity index (χ3v) is 2.77. The molecule has 1 aromatic carbocycles. The van der Waals surface area contributed by atoms with Gasteiger partial charge >= 0.3 is 0 Å². The molecular formula is C12H11ClN6. The van der Waals surface area contributed by atoms with Crippen LogP contribution in [0.2, 0.25) is 5.28 Å². The van der Waals surface area contributed by atoms with Gasteiger partial charge in [0.25, 0.3) is 0 Å². The summed E-state index contributed by atoms with van der Waals surface area (Å²) in [6.45, 7) is 2.68. The van der Waals surface area contributed by atoms with Crippen LogP contribution in [-0.2, 0) is 0 Å². The molecule has 0 saturated carbocycles. The van der Waals surface area contributed by atoms with Gasteiger partial charge in [-0.1, -0.05) is 12.1 Å². The Morgan fingerprint density at radius 1 is 1.21 bits per heavy atom. The van der Waals surface area contributed by atoms with Crippen LogP contribution in [0.5, 0.6) is 0 Å². The van der Waals surface area contributed by atoms with E-state index in [1.165, 1.54) is 0 Å². The van der Waals surface area contributed by atoms with E-state index < -0.39 is 0 Å². The quantitative estimate of drug-likeness (QED) is 0.794. The number of nitrogens with one attached hydrogen (secondary N) is 1. The second kappa shape index (κ2) is 4.81. The molecule has 0 spiro atoms. The normalized spacial score (nSPS) is 10.8. The van der Waals surface area contributed by atoms with Crippen molar-refractivity contribution in [1.29, 1.82) is 0 Å². The van der Waals surface area contributed by atoms with Crippen LogP contribution in [-0.4, -0.2) is 31.0 Å². The van der Waals surface area contributed by atoms with Crippen molar-refractivity contribution in [1.82, 2.24) is 24.5 Å². The van der Waals surface area contributed by atoms with E-state index in [0.29, 0.717) is 18.4 Å². The first-order valence-electron chi connectivity index (χ1n) is 5.86. The molecule has 0 atom stereocenters. The second-order valence-electron chi connectivity index (χ2n) is 3.86. The van der Waals surface area contributed by atoms with Gasteiger partial charge in [-0.05, 0) is 30.7 Å². The molecule has 6 nitrogen and oxygen atoms in total. The Morgan fingerprint density at radius 2 is 2.05 bits per heavy atom. The lowest BCUT2D eigenvalue weighted by molar-refractivity contribution is 0.908. The summed E-state index contributed by atoms with van der Waals surface area (Å²) in [5.74, 6) is 0.903.